The van der Waals surface area contributed by atoms with Gasteiger partial charge in [0.2, 0.25) is 0 Å². The molecule has 4 nitrogen and oxygen atoms in total. The Hall–Kier alpha value is -3.21. The van der Waals surface area contributed by atoms with E-state index in [0.29, 0.717) is 17.5 Å². The van der Waals surface area contributed by atoms with Gasteiger partial charge in [-0.2, -0.15) is 0 Å². The molecule has 0 bridgehead atoms. The summed E-state index contributed by atoms with van der Waals surface area (Å²) in [5, 5.41) is 0. The second kappa shape index (κ2) is 7.78. The van der Waals surface area contributed by atoms with Crippen LogP contribution >= 0.6 is 0 Å². The molecule has 0 aliphatic carbocycles. The van der Waals surface area contributed by atoms with E-state index in [4.69, 9.17) is 4.74 Å². The zero-order valence-corrected chi connectivity index (χ0v) is 14.6. The van der Waals surface area contributed by atoms with Gasteiger partial charge in [0.05, 0.1) is 12.7 Å². The Morgan fingerprint density at radius 3 is 2.65 bits per heavy atom. The van der Waals surface area contributed by atoms with Crippen molar-refractivity contribution in [1.82, 2.24) is 9.55 Å². The first-order valence-corrected chi connectivity index (χ1v) is 8.19. The molecule has 0 radical (unpaired) electrons. The highest BCUT2D eigenvalue weighted by atomic mass is 19.1. The Balaban J connectivity index is 1.92. The third-order valence-electron chi connectivity index (χ3n) is 4.14. The van der Waals surface area contributed by atoms with Gasteiger partial charge in [-0.1, -0.05) is 30.4 Å². The first kappa shape index (κ1) is 17.6. The minimum atomic E-state index is -0.423. The number of ether oxygens (including phenoxy) is 1. The molecule has 3 rings (SSSR count). The smallest absolute Gasteiger partial charge is 0.338 e. The Labute approximate surface area is 151 Å². The summed E-state index contributed by atoms with van der Waals surface area (Å²) in [6, 6.07) is 11.5. The fourth-order valence-corrected chi connectivity index (χ4v) is 2.72. The van der Waals surface area contributed by atoms with Crippen molar-refractivity contribution >= 4 is 12.0 Å². The third-order valence-corrected chi connectivity index (χ3v) is 4.14. The molecule has 0 atom stereocenters. The van der Waals surface area contributed by atoms with E-state index in [-0.39, 0.29) is 5.82 Å². The van der Waals surface area contributed by atoms with Crippen LogP contribution in [0.5, 0.6) is 0 Å². The standard InChI is InChI=1S/C21H19FN2O2/c1-24-13-12-23-20(24)5-3-4-15-6-11-18(21(25)26-2)19(14-15)16-7-9-17(22)10-8-16/h3-4,6-14H,5H2,1-2H3/b4-3+. The molecular formula is C21H19FN2O2. The first-order valence-electron chi connectivity index (χ1n) is 8.19. The van der Waals surface area contributed by atoms with Gasteiger partial charge in [-0.05, 0) is 41.0 Å². The molecule has 1 aromatic heterocycles. The van der Waals surface area contributed by atoms with E-state index in [1.807, 2.05) is 42.1 Å². The van der Waals surface area contributed by atoms with Crippen molar-refractivity contribution in [3.05, 3.63) is 83.7 Å². The van der Waals surface area contributed by atoms with Crippen LogP contribution in [0.1, 0.15) is 21.7 Å². The lowest BCUT2D eigenvalue weighted by Gasteiger charge is -2.10. The lowest BCUT2D eigenvalue weighted by Crippen LogP contribution is -2.03. The molecule has 5 heteroatoms. The molecule has 0 N–H and O–H groups in total. The van der Waals surface area contributed by atoms with E-state index in [2.05, 4.69) is 4.98 Å². The number of rotatable bonds is 5. The molecule has 3 aromatic rings. The molecule has 2 aromatic carbocycles. The Kier molecular flexibility index (Phi) is 5.27. The molecule has 0 fully saturated rings. The highest BCUT2D eigenvalue weighted by molar-refractivity contribution is 5.97. The molecule has 0 spiro atoms. The average molecular weight is 350 g/mol. The number of hydrogen-bond donors (Lipinski definition) is 0. The van der Waals surface area contributed by atoms with Crippen molar-refractivity contribution in [1.29, 1.82) is 0 Å². The van der Waals surface area contributed by atoms with Crippen LogP contribution in [0, 0.1) is 5.82 Å². The van der Waals surface area contributed by atoms with Gasteiger partial charge in [0.1, 0.15) is 11.6 Å². The van der Waals surface area contributed by atoms with E-state index in [1.165, 1.54) is 19.2 Å². The van der Waals surface area contributed by atoms with Crippen LogP contribution in [0.2, 0.25) is 0 Å². The molecule has 0 aliphatic heterocycles. The van der Waals surface area contributed by atoms with E-state index in [1.54, 1.807) is 24.4 Å². The lowest BCUT2D eigenvalue weighted by atomic mass is 9.97. The van der Waals surface area contributed by atoms with Crippen LogP contribution in [-0.2, 0) is 18.2 Å². The molecular weight excluding hydrogens is 331 g/mol. The van der Waals surface area contributed by atoms with Crippen molar-refractivity contribution < 1.29 is 13.9 Å². The summed E-state index contributed by atoms with van der Waals surface area (Å²) in [7, 11) is 3.30. The summed E-state index contributed by atoms with van der Waals surface area (Å²) in [5.41, 5.74) is 2.84. The van der Waals surface area contributed by atoms with E-state index in [9.17, 15) is 9.18 Å². The maximum atomic E-state index is 13.2. The van der Waals surface area contributed by atoms with Crippen LogP contribution in [0.25, 0.3) is 17.2 Å². The van der Waals surface area contributed by atoms with Crippen molar-refractivity contribution in [2.24, 2.45) is 7.05 Å². The SMILES string of the molecule is COC(=O)c1ccc(/C=C/Cc2nccn2C)cc1-c1ccc(F)cc1. The van der Waals surface area contributed by atoms with Crippen LogP contribution in [0.4, 0.5) is 4.39 Å². The highest BCUT2D eigenvalue weighted by Crippen LogP contribution is 2.26. The molecule has 0 saturated carbocycles. The number of benzene rings is 2. The second-order valence-electron chi connectivity index (χ2n) is 5.86. The molecule has 132 valence electrons. The fourth-order valence-electron chi connectivity index (χ4n) is 2.72. The van der Waals surface area contributed by atoms with E-state index >= 15 is 0 Å². The summed E-state index contributed by atoms with van der Waals surface area (Å²) in [6.07, 6.45) is 8.36. The summed E-state index contributed by atoms with van der Waals surface area (Å²) in [4.78, 5) is 16.4. The third kappa shape index (κ3) is 3.88. The van der Waals surface area contributed by atoms with Crippen molar-refractivity contribution in [2.45, 2.75) is 6.42 Å². The number of aromatic nitrogens is 2. The van der Waals surface area contributed by atoms with E-state index in [0.717, 1.165) is 17.0 Å². The number of esters is 1. The number of halogens is 1. The van der Waals surface area contributed by atoms with Gasteiger partial charge in [0.15, 0.2) is 0 Å². The van der Waals surface area contributed by atoms with Crippen LogP contribution in [-0.4, -0.2) is 22.6 Å². The van der Waals surface area contributed by atoms with Crippen LogP contribution in [0.15, 0.2) is 60.9 Å². The number of methoxy groups -OCH3 is 1. The van der Waals surface area contributed by atoms with Gasteiger partial charge in [0.25, 0.3) is 0 Å². The lowest BCUT2D eigenvalue weighted by molar-refractivity contribution is 0.0601. The van der Waals surface area contributed by atoms with Crippen LogP contribution < -0.4 is 0 Å². The fraction of sp³-hybridized carbons (Fsp3) is 0.143. The predicted octanol–water partition coefficient (Wildman–Crippen LogP) is 4.27. The molecule has 26 heavy (non-hydrogen) atoms. The zero-order chi connectivity index (χ0) is 18.5. The quantitative estimate of drug-likeness (QED) is 0.646. The Morgan fingerprint density at radius 2 is 2.00 bits per heavy atom. The number of carbonyl (C=O) groups is 1. The summed E-state index contributed by atoms with van der Waals surface area (Å²) < 4.78 is 20.1. The predicted molar refractivity (Wildman–Crippen MR) is 99.1 cm³/mol. The maximum Gasteiger partial charge on any atom is 0.338 e. The molecule has 0 amide bonds. The number of hydrogen-bond acceptors (Lipinski definition) is 3. The van der Waals surface area contributed by atoms with E-state index < -0.39 is 5.97 Å². The van der Waals surface area contributed by atoms with Gasteiger partial charge in [-0.15, -0.1) is 0 Å². The van der Waals surface area contributed by atoms with Gasteiger partial charge in [-0.3, -0.25) is 0 Å². The second-order valence-corrected chi connectivity index (χ2v) is 5.86. The zero-order valence-electron chi connectivity index (χ0n) is 14.6. The normalized spacial score (nSPS) is 11.0. The van der Waals surface area contributed by atoms with Crippen molar-refractivity contribution in [3.8, 4) is 11.1 Å². The molecule has 0 unspecified atom stereocenters. The topological polar surface area (TPSA) is 44.1 Å². The number of carbonyl (C=O) groups excluding carboxylic acids is 1. The first-order chi connectivity index (χ1) is 12.6. The van der Waals surface area contributed by atoms with Crippen LogP contribution in [0.3, 0.4) is 0 Å². The molecule has 0 aliphatic rings. The summed E-state index contributed by atoms with van der Waals surface area (Å²) in [5.74, 6) is 0.221. The minimum Gasteiger partial charge on any atom is -0.465 e. The van der Waals surface area contributed by atoms with Gasteiger partial charge < -0.3 is 9.30 Å². The molecule has 0 saturated heterocycles. The number of nitrogens with zero attached hydrogens (tertiary/aromatic N) is 2. The number of allylic oxidation sites excluding steroid dienone is 1. The van der Waals surface area contributed by atoms with Gasteiger partial charge >= 0.3 is 5.97 Å². The Bertz CT molecular complexity index is 943. The monoisotopic (exact) mass is 350 g/mol. The summed E-state index contributed by atoms with van der Waals surface area (Å²) >= 11 is 0. The maximum absolute atomic E-state index is 13.2. The summed E-state index contributed by atoms with van der Waals surface area (Å²) in [6.45, 7) is 0. The van der Waals surface area contributed by atoms with Crippen molar-refractivity contribution in [3.63, 3.8) is 0 Å². The average Bonchev–Trinajstić information content (AvgIpc) is 3.06. The minimum absolute atomic E-state index is 0.320. The number of imidazole rings is 1. The Morgan fingerprint density at radius 1 is 1.23 bits per heavy atom. The number of aryl methyl sites for hydroxylation is 1. The highest BCUT2D eigenvalue weighted by Gasteiger charge is 2.13. The molecule has 1 heterocycles. The van der Waals surface area contributed by atoms with Crippen molar-refractivity contribution in [2.75, 3.05) is 7.11 Å². The van der Waals surface area contributed by atoms with Gasteiger partial charge in [-0.25, -0.2) is 14.2 Å². The van der Waals surface area contributed by atoms with Gasteiger partial charge in [0, 0.05) is 25.9 Å². The largest absolute Gasteiger partial charge is 0.465 e.